The summed E-state index contributed by atoms with van der Waals surface area (Å²) < 4.78 is 2.15. The molecule has 0 radical (unpaired) electrons. The van der Waals surface area contributed by atoms with Crippen molar-refractivity contribution in [1.29, 1.82) is 0 Å². The molecular weight excluding hydrogens is 302 g/mol. The first-order valence-electron chi connectivity index (χ1n) is 8.72. The highest BCUT2D eigenvalue weighted by atomic mass is 16.2. The lowest BCUT2D eigenvalue weighted by Gasteiger charge is -2.34. The SMILES string of the molecule is O=C1CCCN1CCC1CN(Cc2ccccn2)Cc2ccnn21. The Bertz CT molecular complexity index is 698. The van der Waals surface area contributed by atoms with Crippen molar-refractivity contribution >= 4 is 5.91 Å². The Morgan fingerprint density at radius 3 is 2.96 bits per heavy atom. The van der Waals surface area contributed by atoms with E-state index in [0.29, 0.717) is 18.4 Å². The van der Waals surface area contributed by atoms with Gasteiger partial charge in [0.25, 0.3) is 0 Å². The summed E-state index contributed by atoms with van der Waals surface area (Å²) in [6.45, 7) is 4.45. The van der Waals surface area contributed by atoms with Gasteiger partial charge in [0.1, 0.15) is 0 Å². The summed E-state index contributed by atoms with van der Waals surface area (Å²) in [6.07, 6.45) is 6.40. The Hall–Kier alpha value is -2.21. The fourth-order valence-corrected chi connectivity index (χ4v) is 3.76. The molecule has 4 heterocycles. The summed E-state index contributed by atoms with van der Waals surface area (Å²) in [7, 11) is 0. The molecule has 2 aromatic rings. The average molecular weight is 325 g/mol. The van der Waals surface area contributed by atoms with Gasteiger partial charge in [-0.2, -0.15) is 5.10 Å². The van der Waals surface area contributed by atoms with Crippen molar-refractivity contribution in [3.63, 3.8) is 0 Å². The van der Waals surface area contributed by atoms with Crippen LogP contribution in [0.2, 0.25) is 0 Å². The minimum atomic E-state index is 0.303. The van der Waals surface area contributed by atoms with Crippen molar-refractivity contribution in [2.24, 2.45) is 0 Å². The number of pyridine rings is 1. The van der Waals surface area contributed by atoms with Gasteiger partial charge in [0.05, 0.1) is 17.4 Å². The van der Waals surface area contributed by atoms with Crippen molar-refractivity contribution in [2.75, 3.05) is 19.6 Å². The minimum Gasteiger partial charge on any atom is -0.343 e. The van der Waals surface area contributed by atoms with Crippen LogP contribution in [0, 0.1) is 0 Å². The van der Waals surface area contributed by atoms with E-state index in [4.69, 9.17) is 0 Å². The number of amides is 1. The fraction of sp³-hybridized carbons (Fsp3) is 0.500. The number of aromatic nitrogens is 3. The molecule has 126 valence electrons. The highest BCUT2D eigenvalue weighted by Gasteiger charge is 2.27. The van der Waals surface area contributed by atoms with Gasteiger partial charge in [-0.25, -0.2) is 0 Å². The van der Waals surface area contributed by atoms with Crippen LogP contribution >= 0.6 is 0 Å². The first kappa shape index (κ1) is 15.3. The molecule has 2 aliphatic rings. The maximum absolute atomic E-state index is 11.8. The van der Waals surface area contributed by atoms with Crippen LogP contribution < -0.4 is 0 Å². The van der Waals surface area contributed by atoms with Crippen molar-refractivity contribution in [1.82, 2.24) is 24.6 Å². The van der Waals surface area contributed by atoms with E-state index in [-0.39, 0.29) is 0 Å². The summed E-state index contributed by atoms with van der Waals surface area (Å²) in [6, 6.07) is 8.47. The lowest BCUT2D eigenvalue weighted by atomic mass is 10.1. The van der Waals surface area contributed by atoms with Gasteiger partial charge in [0.2, 0.25) is 5.91 Å². The molecule has 4 rings (SSSR count). The number of likely N-dealkylation sites (tertiary alicyclic amines) is 1. The van der Waals surface area contributed by atoms with Crippen molar-refractivity contribution in [3.05, 3.63) is 48.0 Å². The number of hydrogen-bond donors (Lipinski definition) is 0. The van der Waals surface area contributed by atoms with Crippen molar-refractivity contribution in [3.8, 4) is 0 Å². The second-order valence-corrected chi connectivity index (χ2v) is 6.68. The molecule has 0 aromatic carbocycles. The molecule has 0 N–H and O–H groups in total. The molecule has 1 unspecified atom stereocenters. The maximum atomic E-state index is 11.8. The molecule has 0 bridgehead atoms. The van der Waals surface area contributed by atoms with Crippen molar-refractivity contribution < 1.29 is 4.79 Å². The van der Waals surface area contributed by atoms with Gasteiger partial charge < -0.3 is 4.90 Å². The molecule has 0 aliphatic carbocycles. The van der Waals surface area contributed by atoms with E-state index in [1.54, 1.807) is 0 Å². The van der Waals surface area contributed by atoms with Crippen LogP contribution in [0.1, 0.15) is 36.7 Å². The van der Waals surface area contributed by atoms with Crippen LogP contribution in [0.5, 0.6) is 0 Å². The zero-order chi connectivity index (χ0) is 16.4. The van der Waals surface area contributed by atoms with Gasteiger partial charge in [-0.1, -0.05) is 6.07 Å². The number of nitrogens with zero attached hydrogens (tertiary/aromatic N) is 5. The quantitative estimate of drug-likeness (QED) is 0.842. The predicted molar refractivity (Wildman–Crippen MR) is 90.0 cm³/mol. The number of hydrogen-bond acceptors (Lipinski definition) is 4. The number of rotatable bonds is 5. The lowest BCUT2D eigenvalue weighted by molar-refractivity contribution is -0.127. The predicted octanol–water partition coefficient (Wildman–Crippen LogP) is 1.85. The molecule has 2 aromatic heterocycles. The number of fused-ring (bicyclic) bond motifs is 1. The lowest BCUT2D eigenvalue weighted by Crippen LogP contribution is -2.39. The largest absolute Gasteiger partial charge is 0.343 e. The highest BCUT2D eigenvalue weighted by Crippen LogP contribution is 2.25. The molecule has 1 fully saturated rings. The van der Waals surface area contributed by atoms with E-state index >= 15 is 0 Å². The standard InChI is InChI=1S/C18H23N5O/c24-18-5-3-10-22(18)11-7-17-14-21(12-15-4-1-2-8-19-15)13-16-6-9-20-23(16)17/h1-2,4,6,8-9,17H,3,5,7,10-14H2. The zero-order valence-corrected chi connectivity index (χ0v) is 13.8. The van der Waals surface area contributed by atoms with Crippen LogP contribution in [0.3, 0.4) is 0 Å². The molecule has 0 saturated carbocycles. The van der Waals surface area contributed by atoms with Gasteiger partial charge in [-0.05, 0) is 31.0 Å². The van der Waals surface area contributed by atoms with E-state index in [2.05, 4.69) is 31.8 Å². The molecule has 6 heteroatoms. The van der Waals surface area contributed by atoms with E-state index in [9.17, 15) is 4.79 Å². The Morgan fingerprint density at radius 2 is 2.17 bits per heavy atom. The molecule has 24 heavy (non-hydrogen) atoms. The smallest absolute Gasteiger partial charge is 0.222 e. The molecule has 1 atom stereocenters. The molecular formula is C18H23N5O. The molecule has 1 amide bonds. The van der Waals surface area contributed by atoms with Crippen LogP contribution in [0.25, 0.3) is 0 Å². The Morgan fingerprint density at radius 1 is 1.21 bits per heavy atom. The number of carbonyl (C=O) groups excluding carboxylic acids is 1. The molecule has 2 aliphatic heterocycles. The van der Waals surface area contributed by atoms with Gasteiger partial charge >= 0.3 is 0 Å². The minimum absolute atomic E-state index is 0.303. The third-order valence-electron chi connectivity index (χ3n) is 4.97. The van der Waals surface area contributed by atoms with Crippen LogP contribution in [0.15, 0.2) is 36.7 Å². The van der Waals surface area contributed by atoms with Gasteiger partial charge in [0.15, 0.2) is 0 Å². The Kier molecular flexibility index (Phi) is 4.30. The summed E-state index contributed by atoms with van der Waals surface area (Å²) in [5.41, 5.74) is 2.34. The van der Waals surface area contributed by atoms with Crippen LogP contribution in [-0.4, -0.2) is 50.1 Å². The topological polar surface area (TPSA) is 54.3 Å². The third kappa shape index (κ3) is 3.19. The molecule has 0 spiro atoms. The summed E-state index contributed by atoms with van der Waals surface area (Å²) >= 11 is 0. The van der Waals surface area contributed by atoms with Gasteiger partial charge in [0, 0.05) is 51.5 Å². The first-order chi connectivity index (χ1) is 11.8. The maximum Gasteiger partial charge on any atom is 0.222 e. The van der Waals surface area contributed by atoms with Crippen LogP contribution in [0.4, 0.5) is 0 Å². The summed E-state index contributed by atoms with van der Waals surface area (Å²) in [5, 5.41) is 4.51. The molecule has 6 nitrogen and oxygen atoms in total. The van der Waals surface area contributed by atoms with E-state index in [1.807, 2.05) is 29.4 Å². The summed E-state index contributed by atoms with van der Waals surface area (Å²) in [5.74, 6) is 0.303. The second kappa shape index (κ2) is 6.73. The second-order valence-electron chi connectivity index (χ2n) is 6.68. The zero-order valence-electron chi connectivity index (χ0n) is 13.8. The van der Waals surface area contributed by atoms with E-state index < -0.39 is 0 Å². The fourth-order valence-electron chi connectivity index (χ4n) is 3.76. The first-order valence-corrected chi connectivity index (χ1v) is 8.72. The monoisotopic (exact) mass is 325 g/mol. The normalized spacial score (nSPS) is 21.2. The van der Waals surface area contributed by atoms with Crippen LogP contribution in [-0.2, 0) is 17.9 Å². The highest BCUT2D eigenvalue weighted by molar-refractivity contribution is 5.77. The van der Waals surface area contributed by atoms with E-state index in [0.717, 1.165) is 51.3 Å². The summed E-state index contributed by atoms with van der Waals surface area (Å²) in [4.78, 5) is 20.7. The number of carbonyl (C=O) groups is 1. The van der Waals surface area contributed by atoms with Gasteiger partial charge in [-0.15, -0.1) is 0 Å². The van der Waals surface area contributed by atoms with E-state index in [1.165, 1.54) is 5.69 Å². The van der Waals surface area contributed by atoms with Gasteiger partial charge in [-0.3, -0.25) is 19.4 Å². The third-order valence-corrected chi connectivity index (χ3v) is 4.97. The average Bonchev–Trinajstić information content (AvgIpc) is 3.22. The molecule has 1 saturated heterocycles. The Balaban J connectivity index is 1.44. The Labute approximate surface area is 142 Å². The van der Waals surface area contributed by atoms with Crippen molar-refractivity contribution in [2.45, 2.75) is 38.4 Å².